The molecule has 9 rings (SSSR count). The first kappa shape index (κ1) is 23.6. The van der Waals surface area contributed by atoms with Crippen LogP contribution >= 0.6 is 11.8 Å². The quantitative estimate of drug-likeness (QED) is 0.216. The SMILES string of the molecule is c1ccc2c(c1)Sc1ccc(-c3ccccc3-c3ccccc3-c3ccc4c(c3)oc3ccccc34)c3cccc-2c13. The van der Waals surface area contributed by atoms with Gasteiger partial charge in [0.15, 0.2) is 0 Å². The van der Waals surface area contributed by atoms with Gasteiger partial charge in [0.2, 0.25) is 0 Å². The second kappa shape index (κ2) is 9.24. The van der Waals surface area contributed by atoms with Crippen molar-refractivity contribution in [1.29, 1.82) is 0 Å². The van der Waals surface area contributed by atoms with Crippen LogP contribution < -0.4 is 0 Å². The molecule has 0 saturated heterocycles. The monoisotopic (exact) mass is 552 g/mol. The van der Waals surface area contributed by atoms with Crippen molar-refractivity contribution < 1.29 is 4.42 Å². The van der Waals surface area contributed by atoms with Crippen molar-refractivity contribution in [3.8, 4) is 44.5 Å². The molecule has 0 amide bonds. The Labute approximate surface area is 248 Å². The van der Waals surface area contributed by atoms with Gasteiger partial charge in [0.25, 0.3) is 0 Å². The maximum absolute atomic E-state index is 6.26. The van der Waals surface area contributed by atoms with E-state index in [1.54, 1.807) is 0 Å². The fourth-order valence-corrected chi connectivity index (χ4v) is 7.76. The van der Waals surface area contributed by atoms with Crippen molar-refractivity contribution in [2.75, 3.05) is 0 Å². The van der Waals surface area contributed by atoms with Crippen LogP contribution in [0.3, 0.4) is 0 Å². The Bertz CT molecular complexity index is 2340. The molecule has 1 nitrogen and oxygen atoms in total. The van der Waals surface area contributed by atoms with Gasteiger partial charge in [-0.1, -0.05) is 127 Å². The van der Waals surface area contributed by atoms with Crippen molar-refractivity contribution in [3.63, 3.8) is 0 Å². The van der Waals surface area contributed by atoms with Crippen molar-refractivity contribution in [1.82, 2.24) is 0 Å². The molecule has 0 bridgehead atoms. The Balaban J connectivity index is 1.24. The lowest BCUT2D eigenvalue weighted by Crippen LogP contribution is -1.95. The van der Waals surface area contributed by atoms with Crippen molar-refractivity contribution >= 4 is 44.5 Å². The molecular formula is C40H24OS. The van der Waals surface area contributed by atoms with Gasteiger partial charge >= 0.3 is 0 Å². The molecular weight excluding hydrogens is 529 g/mol. The van der Waals surface area contributed by atoms with E-state index in [9.17, 15) is 0 Å². The number of benzene rings is 7. The van der Waals surface area contributed by atoms with Crippen LogP contribution in [0.25, 0.3) is 77.2 Å². The van der Waals surface area contributed by atoms with Crippen LogP contribution in [0, 0.1) is 0 Å². The maximum Gasteiger partial charge on any atom is 0.136 e. The summed E-state index contributed by atoms with van der Waals surface area (Å²) in [5.74, 6) is 0. The number of para-hydroxylation sites is 1. The summed E-state index contributed by atoms with van der Waals surface area (Å²) in [6.07, 6.45) is 0. The van der Waals surface area contributed by atoms with E-state index in [2.05, 4.69) is 133 Å². The number of hydrogen-bond donors (Lipinski definition) is 0. The Morgan fingerprint density at radius 3 is 1.83 bits per heavy atom. The maximum atomic E-state index is 6.26. The van der Waals surface area contributed by atoms with Crippen LogP contribution in [0.1, 0.15) is 0 Å². The minimum atomic E-state index is 0.915. The van der Waals surface area contributed by atoms with Gasteiger partial charge in [-0.2, -0.15) is 0 Å². The van der Waals surface area contributed by atoms with E-state index in [-0.39, 0.29) is 0 Å². The number of furan rings is 1. The lowest BCUT2D eigenvalue weighted by Gasteiger charge is -2.22. The summed E-state index contributed by atoms with van der Waals surface area (Å²) in [7, 11) is 0. The van der Waals surface area contributed by atoms with Gasteiger partial charge < -0.3 is 4.42 Å². The fraction of sp³-hybridized carbons (Fsp3) is 0. The second-order valence-electron chi connectivity index (χ2n) is 10.8. The van der Waals surface area contributed by atoms with Crippen LogP contribution in [0.5, 0.6) is 0 Å². The molecule has 0 aliphatic carbocycles. The topological polar surface area (TPSA) is 13.1 Å². The Hall–Kier alpha value is -5.05. The van der Waals surface area contributed by atoms with E-state index >= 15 is 0 Å². The molecule has 0 spiro atoms. The predicted molar refractivity (Wildman–Crippen MR) is 177 cm³/mol. The summed E-state index contributed by atoms with van der Waals surface area (Å²) >= 11 is 1.87. The van der Waals surface area contributed by atoms with Gasteiger partial charge in [-0.3, -0.25) is 0 Å². The highest BCUT2D eigenvalue weighted by Gasteiger charge is 2.22. The molecule has 0 saturated carbocycles. The first-order valence-electron chi connectivity index (χ1n) is 14.3. The molecule has 1 aliphatic rings. The van der Waals surface area contributed by atoms with Crippen molar-refractivity contribution in [2.45, 2.75) is 9.79 Å². The first-order chi connectivity index (χ1) is 20.8. The van der Waals surface area contributed by atoms with Gasteiger partial charge in [0.05, 0.1) is 0 Å². The van der Waals surface area contributed by atoms with E-state index in [0.29, 0.717) is 0 Å². The van der Waals surface area contributed by atoms with Crippen molar-refractivity contribution in [3.05, 3.63) is 146 Å². The van der Waals surface area contributed by atoms with Gasteiger partial charge in [0.1, 0.15) is 11.2 Å². The normalized spacial score (nSPS) is 12.2. The van der Waals surface area contributed by atoms with Gasteiger partial charge in [-0.15, -0.1) is 0 Å². The molecule has 0 unspecified atom stereocenters. The molecule has 0 N–H and O–H groups in total. The standard InChI is InChI=1S/C40H24OS/c1-2-11-27(26(10-1)25-20-21-32-31-14-5-7-18-36(31)41-37(32)24-25)28-12-3-4-13-29(28)30-22-23-39-40-34(30)16-9-17-35(40)33-15-6-8-19-38(33)42-39/h1-24H. The van der Waals surface area contributed by atoms with Gasteiger partial charge in [-0.25, -0.2) is 0 Å². The van der Waals surface area contributed by atoms with Crippen LogP contribution in [-0.4, -0.2) is 0 Å². The zero-order valence-electron chi connectivity index (χ0n) is 22.7. The summed E-state index contributed by atoms with van der Waals surface area (Å²) in [6.45, 7) is 0. The van der Waals surface area contributed by atoms with Crippen LogP contribution in [-0.2, 0) is 0 Å². The first-order valence-corrected chi connectivity index (χ1v) is 15.1. The molecule has 7 aromatic carbocycles. The number of hydrogen-bond acceptors (Lipinski definition) is 2. The van der Waals surface area contributed by atoms with Crippen LogP contribution in [0.4, 0.5) is 0 Å². The van der Waals surface area contributed by atoms with E-state index in [4.69, 9.17) is 4.42 Å². The Morgan fingerprint density at radius 1 is 0.357 bits per heavy atom. The number of fused-ring (bicyclic) bond motifs is 5. The highest BCUT2D eigenvalue weighted by Crippen LogP contribution is 2.50. The molecule has 1 aromatic heterocycles. The summed E-state index contributed by atoms with van der Waals surface area (Å²) in [4.78, 5) is 2.64. The average Bonchev–Trinajstić information content (AvgIpc) is 3.43. The van der Waals surface area contributed by atoms with Gasteiger partial charge in [-0.05, 0) is 80.2 Å². The largest absolute Gasteiger partial charge is 0.456 e. The smallest absolute Gasteiger partial charge is 0.136 e. The minimum Gasteiger partial charge on any atom is -0.456 e. The van der Waals surface area contributed by atoms with Crippen molar-refractivity contribution in [2.24, 2.45) is 0 Å². The molecule has 8 aromatic rings. The molecule has 42 heavy (non-hydrogen) atoms. The Morgan fingerprint density at radius 2 is 0.976 bits per heavy atom. The molecule has 0 fully saturated rings. The van der Waals surface area contributed by atoms with E-state index in [1.165, 1.54) is 59.5 Å². The second-order valence-corrected chi connectivity index (χ2v) is 11.9. The minimum absolute atomic E-state index is 0.915. The van der Waals surface area contributed by atoms with Crippen LogP contribution in [0.2, 0.25) is 0 Å². The zero-order valence-corrected chi connectivity index (χ0v) is 23.5. The summed E-state index contributed by atoms with van der Waals surface area (Å²) in [5.41, 5.74) is 11.7. The third kappa shape index (κ3) is 3.52. The zero-order chi connectivity index (χ0) is 27.6. The van der Waals surface area contributed by atoms with E-state index in [1.807, 2.05) is 23.9 Å². The fourth-order valence-electron chi connectivity index (χ4n) is 6.63. The number of rotatable bonds is 3. The Kier molecular flexibility index (Phi) is 5.20. The molecule has 2 heterocycles. The molecule has 1 aliphatic heterocycles. The summed E-state index contributed by atoms with van der Waals surface area (Å²) < 4.78 is 6.26. The molecule has 0 radical (unpaired) electrons. The predicted octanol–water partition coefficient (Wildman–Crippen LogP) is 11.9. The summed E-state index contributed by atoms with van der Waals surface area (Å²) in [5, 5.41) is 4.94. The third-order valence-corrected chi connectivity index (χ3v) is 9.66. The van der Waals surface area contributed by atoms with Crippen LogP contribution in [0.15, 0.2) is 160 Å². The molecule has 196 valence electrons. The summed E-state index contributed by atoms with van der Waals surface area (Å²) in [6, 6.07) is 52.5. The van der Waals surface area contributed by atoms with Gasteiger partial charge in [0, 0.05) is 25.9 Å². The van der Waals surface area contributed by atoms with E-state index < -0.39 is 0 Å². The molecule has 2 heteroatoms. The lowest BCUT2D eigenvalue weighted by atomic mass is 9.86. The van der Waals surface area contributed by atoms with E-state index in [0.717, 1.165) is 27.5 Å². The molecule has 0 atom stereocenters. The highest BCUT2D eigenvalue weighted by molar-refractivity contribution is 7.99. The average molecular weight is 553 g/mol. The highest BCUT2D eigenvalue weighted by atomic mass is 32.2. The lowest BCUT2D eigenvalue weighted by molar-refractivity contribution is 0.669. The third-order valence-electron chi connectivity index (χ3n) is 8.52.